The van der Waals surface area contributed by atoms with Crippen molar-refractivity contribution in [3.63, 3.8) is 0 Å². The molecule has 126 valence electrons. The summed E-state index contributed by atoms with van der Waals surface area (Å²) in [6.45, 7) is 0. The number of nitrogens with zero attached hydrogens (tertiary/aromatic N) is 2. The summed E-state index contributed by atoms with van der Waals surface area (Å²) in [5.41, 5.74) is 2.65. The summed E-state index contributed by atoms with van der Waals surface area (Å²) < 4.78 is 0. The van der Waals surface area contributed by atoms with Gasteiger partial charge in [-0.15, -0.1) is 0 Å². The molecule has 7 heteroatoms. The number of hydrogen-bond donors (Lipinski definition) is 3. The molecule has 1 fully saturated rings. The third kappa shape index (κ3) is 4.13. The van der Waals surface area contributed by atoms with Crippen LogP contribution in [0.2, 0.25) is 0 Å². The molecule has 1 aromatic carbocycles. The lowest BCUT2D eigenvalue weighted by atomic mass is 10.1. The summed E-state index contributed by atoms with van der Waals surface area (Å²) in [7, 11) is 3.36. The van der Waals surface area contributed by atoms with Crippen LogP contribution in [0.15, 0.2) is 30.3 Å². The van der Waals surface area contributed by atoms with E-state index in [1.807, 2.05) is 18.2 Å². The largest absolute Gasteiger partial charge is 0.331 e. The first-order valence-corrected chi connectivity index (χ1v) is 7.93. The van der Waals surface area contributed by atoms with Crippen LogP contribution in [0.25, 0.3) is 0 Å². The number of nitrogens with one attached hydrogen (secondary N) is 3. The van der Waals surface area contributed by atoms with Crippen molar-refractivity contribution in [2.24, 2.45) is 0 Å². The number of anilines is 2. The van der Waals surface area contributed by atoms with Gasteiger partial charge in [0.05, 0.1) is 6.42 Å². The minimum Gasteiger partial charge on any atom is -0.331 e. The van der Waals surface area contributed by atoms with E-state index in [1.54, 1.807) is 26.2 Å². The zero-order valence-corrected chi connectivity index (χ0v) is 13.8. The van der Waals surface area contributed by atoms with Gasteiger partial charge in [-0.05, 0) is 30.5 Å². The molecule has 1 aliphatic rings. The molecule has 0 spiro atoms. The SMILES string of the molecule is CN(C)C(=O)Nc1ccc(CC(=O)Nc2cc(C3CC3)[nH]n2)cc1. The lowest BCUT2D eigenvalue weighted by molar-refractivity contribution is -0.115. The highest BCUT2D eigenvalue weighted by molar-refractivity contribution is 5.92. The molecule has 0 aliphatic heterocycles. The van der Waals surface area contributed by atoms with E-state index in [2.05, 4.69) is 20.8 Å². The number of carbonyl (C=O) groups excluding carboxylic acids is 2. The predicted molar refractivity (Wildman–Crippen MR) is 92.0 cm³/mol. The van der Waals surface area contributed by atoms with E-state index in [0.717, 1.165) is 11.3 Å². The first kappa shape index (κ1) is 16.0. The van der Waals surface area contributed by atoms with Crippen LogP contribution in [0.5, 0.6) is 0 Å². The molecule has 7 nitrogen and oxygen atoms in total. The van der Waals surface area contributed by atoms with Crippen molar-refractivity contribution in [2.45, 2.75) is 25.2 Å². The number of urea groups is 1. The Morgan fingerprint density at radius 1 is 1.21 bits per heavy atom. The van der Waals surface area contributed by atoms with Crippen molar-refractivity contribution in [3.8, 4) is 0 Å². The van der Waals surface area contributed by atoms with Crippen LogP contribution in [0.4, 0.5) is 16.3 Å². The van der Waals surface area contributed by atoms with E-state index in [0.29, 0.717) is 17.4 Å². The fourth-order valence-corrected chi connectivity index (χ4v) is 2.32. The number of amides is 3. The molecule has 0 atom stereocenters. The Morgan fingerprint density at radius 3 is 2.54 bits per heavy atom. The molecule has 24 heavy (non-hydrogen) atoms. The van der Waals surface area contributed by atoms with Crippen LogP contribution in [-0.2, 0) is 11.2 Å². The molecule has 0 unspecified atom stereocenters. The molecule has 2 aromatic rings. The Hall–Kier alpha value is -2.83. The number of benzene rings is 1. The number of aromatic nitrogens is 2. The average Bonchev–Trinajstić information content (AvgIpc) is 3.29. The summed E-state index contributed by atoms with van der Waals surface area (Å²) >= 11 is 0. The second-order valence-corrected chi connectivity index (χ2v) is 6.23. The van der Waals surface area contributed by atoms with Crippen LogP contribution < -0.4 is 10.6 Å². The molecule has 1 aromatic heterocycles. The fraction of sp³-hybridized carbons (Fsp3) is 0.353. The van der Waals surface area contributed by atoms with E-state index in [-0.39, 0.29) is 18.4 Å². The first-order chi connectivity index (χ1) is 11.5. The zero-order chi connectivity index (χ0) is 17.1. The van der Waals surface area contributed by atoms with Gasteiger partial charge in [0.2, 0.25) is 5.91 Å². The maximum absolute atomic E-state index is 12.1. The van der Waals surface area contributed by atoms with Crippen molar-refractivity contribution in [3.05, 3.63) is 41.6 Å². The summed E-state index contributed by atoms with van der Waals surface area (Å²) in [4.78, 5) is 25.1. The van der Waals surface area contributed by atoms with Crippen LogP contribution in [0, 0.1) is 0 Å². The Bertz CT molecular complexity index is 732. The molecule has 0 bridgehead atoms. The number of rotatable bonds is 5. The maximum atomic E-state index is 12.1. The van der Waals surface area contributed by atoms with Crippen LogP contribution in [-0.4, -0.2) is 41.1 Å². The Kier molecular flexibility index (Phi) is 4.50. The molecular formula is C17H21N5O2. The molecule has 0 saturated heterocycles. The number of aromatic amines is 1. The summed E-state index contributed by atoms with van der Waals surface area (Å²) in [5.74, 6) is 1.03. The van der Waals surface area contributed by atoms with Gasteiger partial charge in [-0.2, -0.15) is 5.10 Å². The Balaban J connectivity index is 1.52. The van der Waals surface area contributed by atoms with Gasteiger partial charge in [0, 0.05) is 37.5 Å². The van der Waals surface area contributed by atoms with Gasteiger partial charge in [0.1, 0.15) is 0 Å². The molecule has 3 amide bonds. The summed E-state index contributed by atoms with van der Waals surface area (Å²) in [6, 6.07) is 8.92. The highest BCUT2D eigenvalue weighted by Crippen LogP contribution is 2.39. The smallest absolute Gasteiger partial charge is 0.321 e. The third-order valence-electron chi connectivity index (χ3n) is 3.86. The molecule has 3 N–H and O–H groups in total. The molecule has 1 heterocycles. The average molecular weight is 327 g/mol. The maximum Gasteiger partial charge on any atom is 0.321 e. The fourth-order valence-electron chi connectivity index (χ4n) is 2.32. The van der Waals surface area contributed by atoms with Gasteiger partial charge in [0.15, 0.2) is 5.82 Å². The van der Waals surface area contributed by atoms with Gasteiger partial charge in [-0.25, -0.2) is 4.79 Å². The topological polar surface area (TPSA) is 90.1 Å². The first-order valence-electron chi connectivity index (χ1n) is 7.93. The van der Waals surface area contributed by atoms with E-state index >= 15 is 0 Å². The van der Waals surface area contributed by atoms with Gasteiger partial charge in [-0.1, -0.05) is 12.1 Å². The van der Waals surface area contributed by atoms with Crippen molar-refractivity contribution in [2.75, 3.05) is 24.7 Å². The molecule has 1 saturated carbocycles. The highest BCUT2D eigenvalue weighted by Gasteiger charge is 2.25. The van der Waals surface area contributed by atoms with E-state index < -0.39 is 0 Å². The van der Waals surface area contributed by atoms with E-state index in [9.17, 15) is 9.59 Å². The quantitative estimate of drug-likeness (QED) is 0.788. The zero-order valence-electron chi connectivity index (χ0n) is 13.8. The lowest BCUT2D eigenvalue weighted by Crippen LogP contribution is -2.27. The van der Waals surface area contributed by atoms with Crippen molar-refractivity contribution in [1.29, 1.82) is 0 Å². The van der Waals surface area contributed by atoms with E-state index in [1.165, 1.54) is 17.7 Å². The second kappa shape index (κ2) is 6.74. The summed E-state index contributed by atoms with van der Waals surface area (Å²) in [6.07, 6.45) is 2.63. The van der Waals surface area contributed by atoms with Gasteiger partial charge in [-0.3, -0.25) is 9.89 Å². The minimum absolute atomic E-state index is 0.117. The predicted octanol–water partition coefficient (Wildman–Crippen LogP) is 2.56. The van der Waals surface area contributed by atoms with Crippen molar-refractivity contribution in [1.82, 2.24) is 15.1 Å². The third-order valence-corrected chi connectivity index (χ3v) is 3.86. The van der Waals surface area contributed by atoms with Crippen molar-refractivity contribution < 1.29 is 9.59 Å². The standard InChI is InChI=1S/C17H21N5O2/c1-22(2)17(24)18-13-7-3-11(4-8-13)9-16(23)19-15-10-14(20-21-15)12-5-6-12/h3-4,7-8,10,12H,5-6,9H2,1-2H3,(H,18,24)(H2,19,20,21,23). The second-order valence-electron chi connectivity index (χ2n) is 6.23. The Labute approximate surface area is 140 Å². The van der Waals surface area contributed by atoms with Gasteiger partial charge in [0.25, 0.3) is 0 Å². The summed E-state index contributed by atoms with van der Waals surface area (Å²) in [5, 5.41) is 12.6. The Morgan fingerprint density at radius 2 is 1.92 bits per heavy atom. The number of carbonyl (C=O) groups is 2. The van der Waals surface area contributed by atoms with Gasteiger partial charge >= 0.3 is 6.03 Å². The van der Waals surface area contributed by atoms with Gasteiger partial charge < -0.3 is 15.5 Å². The van der Waals surface area contributed by atoms with Crippen LogP contribution in [0.1, 0.15) is 30.0 Å². The van der Waals surface area contributed by atoms with Crippen LogP contribution >= 0.6 is 0 Å². The van der Waals surface area contributed by atoms with Crippen LogP contribution in [0.3, 0.4) is 0 Å². The highest BCUT2D eigenvalue weighted by atomic mass is 16.2. The normalized spacial score (nSPS) is 13.4. The number of hydrogen-bond acceptors (Lipinski definition) is 3. The van der Waals surface area contributed by atoms with E-state index in [4.69, 9.17) is 0 Å². The molecule has 3 rings (SSSR count). The monoisotopic (exact) mass is 327 g/mol. The van der Waals surface area contributed by atoms with Crippen molar-refractivity contribution >= 4 is 23.4 Å². The molecule has 0 radical (unpaired) electrons. The lowest BCUT2D eigenvalue weighted by Gasteiger charge is -2.12. The molecule has 1 aliphatic carbocycles. The number of H-pyrrole nitrogens is 1. The minimum atomic E-state index is -0.189. The molecular weight excluding hydrogens is 306 g/mol.